The van der Waals surface area contributed by atoms with Crippen molar-refractivity contribution in [3.05, 3.63) is 90.4 Å². The third-order valence-corrected chi connectivity index (χ3v) is 6.73. The van der Waals surface area contributed by atoms with Gasteiger partial charge in [0, 0.05) is 53.4 Å². The zero-order valence-electron chi connectivity index (χ0n) is 22.4. The number of nitrogens with zero attached hydrogens (tertiary/aromatic N) is 3. The van der Waals surface area contributed by atoms with Gasteiger partial charge in [-0.1, -0.05) is 18.2 Å². The van der Waals surface area contributed by atoms with E-state index in [4.69, 9.17) is 14.2 Å². The number of nitrogens with one attached hydrogen (secondary N) is 1. The maximum Gasteiger partial charge on any atom is 0.251 e. The zero-order valence-corrected chi connectivity index (χ0v) is 22.4. The third-order valence-electron chi connectivity index (χ3n) is 6.73. The van der Waals surface area contributed by atoms with Gasteiger partial charge in [0.2, 0.25) is 0 Å². The molecule has 0 radical (unpaired) electrons. The summed E-state index contributed by atoms with van der Waals surface area (Å²) in [6, 6.07) is 20.2. The standard InChI is InChI=1S/C31H30N4O5/c1-38-28-12-11-26(34-30(28)21-5-8-24(9-6-21)35-14-16-40-17-15-35)27(36)20-33-31(37)22-7-10-25(29(18-22)39-2)23-4-3-13-32-19-23/h3-13,18-19H,14-17,20H2,1-2H3,(H,33,37). The second-order valence-corrected chi connectivity index (χ2v) is 9.16. The van der Waals surface area contributed by atoms with E-state index >= 15 is 0 Å². The quantitative estimate of drug-likeness (QED) is 0.315. The van der Waals surface area contributed by atoms with Crippen LogP contribution in [0.15, 0.2) is 79.1 Å². The Morgan fingerprint density at radius 1 is 0.925 bits per heavy atom. The summed E-state index contributed by atoms with van der Waals surface area (Å²) in [6.07, 6.45) is 3.42. The predicted octanol–water partition coefficient (Wildman–Crippen LogP) is 4.28. The van der Waals surface area contributed by atoms with Crippen molar-refractivity contribution in [2.45, 2.75) is 0 Å². The van der Waals surface area contributed by atoms with Gasteiger partial charge in [0.1, 0.15) is 22.9 Å². The summed E-state index contributed by atoms with van der Waals surface area (Å²) in [6.45, 7) is 2.90. The molecule has 1 amide bonds. The second-order valence-electron chi connectivity index (χ2n) is 9.16. The van der Waals surface area contributed by atoms with Crippen LogP contribution in [0.1, 0.15) is 20.8 Å². The number of aromatic nitrogens is 2. The fourth-order valence-electron chi connectivity index (χ4n) is 4.57. The van der Waals surface area contributed by atoms with Crippen LogP contribution in [0.2, 0.25) is 0 Å². The molecule has 0 saturated carbocycles. The van der Waals surface area contributed by atoms with Gasteiger partial charge in [-0.3, -0.25) is 14.6 Å². The van der Waals surface area contributed by atoms with Crippen molar-refractivity contribution in [2.24, 2.45) is 0 Å². The molecule has 0 aliphatic carbocycles. The van der Waals surface area contributed by atoms with Gasteiger partial charge in [-0.25, -0.2) is 4.98 Å². The van der Waals surface area contributed by atoms with Gasteiger partial charge in [0.15, 0.2) is 5.78 Å². The lowest BCUT2D eigenvalue weighted by Gasteiger charge is -2.28. The lowest BCUT2D eigenvalue weighted by Crippen LogP contribution is -2.36. The highest BCUT2D eigenvalue weighted by Crippen LogP contribution is 2.31. The molecule has 204 valence electrons. The highest BCUT2D eigenvalue weighted by Gasteiger charge is 2.17. The van der Waals surface area contributed by atoms with E-state index in [0.717, 1.165) is 35.5 Å². The van der Waals surface area contributed by atoms with Crippen molar-refractivity contribution in [3.8, 4) is 33.9 Å². The fourth-order valence-corrected chi connectivity index (χ4v) is 4.57. The molecule has 5 rings (SSSR count). The minimum atomic E-state index is -0.392. The number of rotatable bonds is 9. The molecule has 0 bridgehead atoms. The Kier molecular flexibility index (Phi) is 8.32. The molecule has 1 aliphatic rings. The first kappa shape index (κ1) is 26.8. The zero-order chi connectivity index (χ0) is 27.9. The van der Waals surface area contributed by atoms with E-state index in [1.165, 1.54) is 0 Å². The highest BCUT2D eigenvalue weighted by atomic mass is 16.5. The predicted molar refractivity (Wildman–Crippen MR) is 152 cm³/mol. The van der Waals surface area contributed by atoms with Crippen molar-refractivity contribution < 1.29 is 23.8 Å². The van der Waals surface area contributed by atoms with Crippen molar-refractivity contribution in [1.82, 2.24) is 15.3 Å². The number of hydrogen-bond acceptors (Lipinski definition) is 8. The van der Waals surface area contributed by atoms with Crippen LogP contribution in [-0.4, -0.2) is 68.7 Å². The van der Waals surface area contributed by atoms with E-state index in [-0.39, 0.29) is 18.0 Å². The lowest BCUT2D eigenvalue weighted by atomic mass is 10.0. The van der Waals surface area contributed by atoms with Crippen molar-refractivity contribution >= 4 is 17.4 Å². The summed E-state index contributed by atoms with van der Waals surface area (Å²) >= 11 is 0. The minimum absolute atomic E-state index is 0.208. The van der Waals surface area contributed by atoms with Crippen LogP contribution in [-0.2, 0) is 4.74 Å². The number of benzene rings is 2. The molecule has 1 N–H and O–H groups in total. The summed E-state index contributed by atoms with van der Waals surface area (Å²) in [7, 11) is 3.11. The minimum Gasteiger partial charge on any atom is -0.496 e. The third kappa shape index (κ3) is 5.94. The monoisotopic (exact) mass is 538 g/mol. The number of anilines is 1. The molecule has 2 aromatic carbocycles. The van der Waals surface area contributed by atoms with Crippen molar-refractivity contribution in [2.75, 3.05) is 52.0 Å². The van der Waals surface area contributed by atoms with Crippen LogP contribution in [0.4, 0.5) is 5.69 Å². The molecule has 1 aliphatic heterocycles. The Morgan fingerprint density at radius 2 is 1.70 bits per heavy atom. The maximum absolute atomic E-state index is 13.0. The Bertz CT molecular complexity index is 1490. The average Bonchev–Trinajstić information content (AvgIpc) is 3.03. The summed E-state index contributed by atoms with van der Waals surface area (Å²) < 4.78 is 16.5. The Balaban J connectivity index is 1.28. The van der Waals surface area contributed by atoms with Crippen LogP contribution >= 0.6 is 0 Å². The lowest BCUT2D eigenvalue weighted by molar-refractivity contribution is 0.0902. The number of morpholine rings is 1. The summed E-state index contributed by atoms with van der Waals surface area (Å²) in [5.74, 6) is 0.381. The number of amides is 1. The average molecular weight is 539 g/mol. The number of pyridine rings is 2. The van der Waals surface area contributed by atoms with Gasteiger partial charge in [-0.05, 0) is 48.5 Å². The number of carbonyl (C=O) groups is 2. The molecule has 2 aromatic heterocycles. The van der Waals surface area contributed by atoms with Gasteiger partial charge >= 0.3 is 0 Å². The van der Waals surface area contributed by atoms with E-state index in [9.17, 15) is 9.59 Å². The van der Waals surface area contributed by atoms with Crippen molar-refractivity contribution in [3.63, 3.8) is 0 Å². The number of methoxy groups -OCH3 is 2. The van der Waals surface area contributed by atoms with E-state index in [2.05, 4.69) is 20.2 Å². The van der Waals surface area contributed by atoms with E-state index < -0.39 is 5.91 Å². The van der Waals surface area contributed by atoms with Gasteiger partial charge in [0.05, 0.1) is 34.0 Å². The molecular weight excluding hydrogens is 508 g/mol. The van der Waals surface area contributed by atoms with Gasteiger partial charge in [0.25, 0.3) is 5.91 Å². The molecule has 0 unspecified atom stereocenters. The first-order chi connectivity index (χ1) is 19.6. The summed E-state index contributed by atoms with van der Waals surface area (Å²) in [5, 5.41) is 2.70. The Morgan fingerprint density at radius 3 is 2.40 bits per heavy atom. The second kappa shape index (κ2) is 12.4. The molecule has 0 spiro atoms. The normalized spacial score (nSPS) is 13.0. The fraction of sp³-hybridized carbons (Fsp3) is 0.226. The van der Waals surface area contributed by atoms with Crippen LogP contribution < -0.4 is 19.7 Å². The number of Topliss-reactive ketones (excluding diaryl/α,β-unsaturated/α-hetero) is 1. The van der Waals surface area contributed by atoms with Crippen molar-refractivity contribution in [1.29, 1.82) is 0 Å². The number of ether oxygens (including phenoxy) is 3. The van der Waals surface area contributed by atoms with Crippen LogP contribution in [0, 0.1) is 0 Å². The molecular formula is C31H30N4O5. The largest absolute Gasteiger partial charge is 0.496 e. The molecule has 0 atom stereocenters. The summed E-state index contributed by atoms with van der Waals surface area (Å²) in [5.41, 5.74) is 4.79. The number of hydrogen-bond donors (Lipinski definition) is 1. The number of carbonyl (C=O) groups excluding carboxylic acids is 2. The molecule has 3 heterocycles. The van der Waals surface area contributed by atoms with Crippen LogP contribution in [0.3, 0.4) is 0 Å². The summed E-state index contributed by atoms with van der Waals surface area (Å²) in [4.78, 5) is 36.9. The van der Waals surface area contributed by atoms with Gasteiger partial charge < -0.3 is 24.4 Å². The Hall–Kier alpha value is -4.76. The molecule has 9 nitrogen and oxygen atoms in total. The molecule has 4 aromatic rings. The van der Waals surface area contributed by atoms with Gasteiger partial charge in [-0.2, -0.15) is 0 Å². The first-order valence-corrected chi connectivity index (χ1v) is 13.0. The van der Waals surface area contributed by atoms with E-state index in [1.54, 1.807) is 56.9 Å². The number of ketones is 1. The van der Waals surface area contributed by atoms with E-state index in [0.29, 0.717) is 36.0 Å². The Labute approximate surface area is 232 Å². The van der Waals surface area contributed by atoms with Gasteiger partial charge in [-0.15, -0.1) is 0 Å². The maximum atomic E-state index is 13.0. The topological polar surface area (TPSA) is 103 Å². The molecule has 9 heteroatoms. The SMILES string of the molecule is COc1cc(C(=O)NCC(=O)c2ccc(OC)c(-c3ccc(N4CCOCC4)cc3)n2)ccc1-c1cccnc1. The molecule has 1 fully saturated rings. The molecule has 40 heavy (non-hydrogen) atoms. The first-order valence-electron chi connectivity index (χ1n) is 13.0. The van der Waals surface area contributed by atoms with E-state index in [1.807, 2.05) is 36.4 Å². The molecule has 1 saturated heterocycles. The highest BCUT2D eigenvalue weighted by molar-refractivity contribution is 6.02. The van der Waals surface area contributed by atoms with Crippen LogP contribution in [0.5, 0.6) is 11.5 Å². The van der Waals surface area contributed by atoms with Crippen LogP contribution in [0.25, 0.3) is 22.4 Å². The smallest absolute Gasteiger partial charge is 0.251 e.